The van der Waals surface area contributed by atoms with Gasteiger partial charge in [0.25, 0.3) is 5.90 Å². The minimum absolute atomic E-state index is 0.207. The first-order chi connectivity index (χ1) is 8.38. The van der Waals surface area contributed by atoms with Crippen LogP contribution in [0.5, 0.6) is 11.5 Å². The molecule has 7 heteroatoms. The van der Waals surface area contributed by atoms with Gasteiger partial charge in [-0.1, -0.05) is 6.07 Å². The summed E-state index contributed by atoms with van der Waals surface area (Å²) in [7, 11) is 2.94. The van der Waals surface area contributed by atoms with Crippen LogP contribution >= 0.6 is 11.6 Å². The first-order valence-electron chi connectivity index (χ1n) is 4.88. The number of hydrogen-bond donors (Lipinski definition) is 1. The topological polar surface area (TPSA) is 51.5 Å². The highest BCUT2D eigenvalue weighted by Gasteiger charge is 2.33. The number of halogens is 3. The van der Waals surface area contributed by atoms with Crippen LogP contribution in [0.2, 0.25) is 0 Å². The molecule has 0 aromatic heterocycles. The maximum absolute atomic E-state index is 12.5. The summed E-state index contributed by atoms with van der Waals surface area (Å²) in [6, 6.07) is 4.79. The fraction of sp³-hybridized carbons (Fsp3) is 0.364. The second-order valence-corrected chi connectivity index (χ2v) is 3.78. The molecule has 100 valence electrons. The molecule has 0 amide bonds. The molecule has 0 heterocycles. The average molecular weight is 280 g/mol. The summed E-state index contributed by atoms with van der Waals surface area (Å²) >= 11 is 4.63. The van der Waals surface area contributed by atoms with E-state index < -0.39 is 11.3 Å². The van der Waals surface area contributed by atoms with Crippen molar-refractivity contribution in [3.05, 3.63) is 23.8 Å². The van der Waals surface area contributed by atoms with Crippen molar-refractivity contribution in [2.24, 2.45) is 0 Å². The van der Waals surface area contributed by atoms with Crippen molar-refractivity contribution in [3.8, 4) is 11.5 Å². The van der Waals surface area contributed by atoms with E-state index in [1.54, 1.807) is 18.2 Å². The number of nitrogens with one attached hydrogen (secondary N) is 1. The van der Waals surface area contributed by atoms with Gasteiger partial charge < -0.3 is 14.2 Å². The molecule has 0 saturated heterocycles. The van der Waals surface area contributed by atoms with E-state index in [4.69, 9.17) is 14.9 Å². The lowest BCUT2D eigenvalue weighted by Crippen LogP contribution is -2.23. The van der Waals surface area contributed by atoms with Crippen LogP contribution in [0.15, 0.2) is 18.2 Å². The van der Waals surface area contributed by atoms with E-state index in [2.05, 4.69) is 16.3 Å². The largest absolute Gasteiger partial charge is 0.493 e. The quantitative estimate of drug-likeness (QED) is 0.512. The first-order valence-corrected chi connectivity index (χ1v) is 5.25. The van der Waals surface area contributed by atoms with Crippen LogP contribution in [0.25, 0.3) is 0 Å². The highest BCUT2D eigenvalue weighted by molar-refractivity contribution is 6.31. The molecule has 18 heavy (non-hydrogen) atoms. The summed E-state index contributed by atoms with van der Waals surface area (Å²) in [6.45, 7) is -0.207. The van der Waals surface area contributed by atoms with Crippen molar-refractivity contribution in [1.29, 1.82) is 5.41 Å². The molecule has 4 nitrogen and oxygen atoms in total. The standard InChI is InChI=1S/C11H12ClF2NO3/c1-16-8-4-3-7(5-9(8)17-2)6-18-10(15)11(12,13)14/h3-5,15H,6H2,1-2H3. The van der Waals surface area contributed by atoms with E-state index >= 15 is 0 Å². The van der Waals surface area contributed by atoms with E-state index in [-0.39, 0.29) is 6.61 Å². The molecular weight excluding hydrogens is 268 g/mol. The van der Waals surface area contributed by atoms with Crippen LogP contribution in [0, 0.1) is 5.41 Å². The molecule has 1 rings (SSSR count). The van der Waals surface area contributed by atoms with Gasteiger partial charge in [-0.15, -0.1) is 0 Å². The maximum atomic E-state index is 12.5. The third-order valence-corrected chi connectivity index (χ3v) is 2.26. The van der Waals surface area contributed by atoms with Crippen LogP contribution in [0.1, 0.15) is 5.56 Å². The van der Waals surface area contributed by atoms with E-state index in [1.807, 2.05) is 0 Å². The number of methoxy groups -OCH3 is 2. The second-order valence-electron chi connectivity index (χ2n) is 3.30. The molecule has 0 radical (unpaired) electrons. The summed E-state index contributed by atoms with van der Waals surface area (Å²) < 4.78 is 39.5. The van der Waals surface area contributed by atoms with E-state index in [0.29, 0.717) is 17.1 Å². The highest BCUT2D eigenvalue weighted by Crippen LogP contribution is 2.28. The Labute approximate surface area is 108 Å². The van der Waals surface area contributed by atoms with Gasteiger partial charge in [-0.2, -0.15) is 8.78 Å². The van der Waals surface area contributed by atoms with Gasteiger partial charge in [-0.3, -0.25) is 5.41 Å². The summed E-state index contributed by atoms with van der Waals surface area (Å²) in [5, 5.41) is 3.11. The average Bonchev–Trinajstić information content (AvgIpc) is 2.34. The summed E-state index contributed by atoms with van der Waals surface area (Å²) in [4.78, 5) is 0. The lowest BCUT2D eigenvalue weighted by atomic mass is 10.2. The lowest BCUT2D eigenvalue weighted by molar-refractivity contribution is 0.122. The Morgan fingerprint density at radius 1 is 1.28 bits per heavy atom. The molecular formula is C11H12ClF2NO3. The summed E-state index contributed by atoms with van der Waals surface area (Å²) in [5.74, 6) is -0.333. The highest BCUT2D eigenvalue weighted by atomic mass is 35.5. The number of rotatable bonds is 5. The molecule has 1 N–H and O–H groups in total. The molecule has 0 spiro atoms. The number of ether oxygens (including phenoxy) is 3. The van der Waals surface area contributed by atoms with E-state index in [1.165, 1.54) is 14.2 Å². The van der Waals surface area contributed by atoms with Crippen LogP contribution in [-0.4, -0.2) is 25.5 Å². The summed E-state index contributed by atoms with van der Waals surface area (Å²) in [6.07, 6.45) is 0. The normalized spacial score (nSPS) is 10.9. The van der Waals surface area contributed by atoms with Gasteiger partial charge >= 0.3 is 5.38 Å². The zero-order valence-corrected chi connectivity index (χ0v) is 10.6. The Morgan fingerprint density at radius 3 is 2.39 bits per heavy atom. The van der Waals surface area contributed by atoms with Gasteiger partial charge in [-0.25, -0.2) is 0 Å². The maximum Gasteiger partial charge on any atom is 0.396 e. The third kappa shape index (κ3) is 3.73. The van der Waals surface area contributed by atoms with Crippen LogP contribution in [0.3, 0.4) is 0 Å². The first kappa shape index (κ1) is 14.5. The predicted molar refractivity (Wildman–Crippen MR) is 62.9 cm³/mol. The van der Waals surface area contributed by atoms with Crippen molar-refractivity contribution in [1.82, 2.24) is 0 Å². The molecule has 0 aliphatic carbocycles. The molecule has 1 aromatic rings. The van der Waals surface area contributed by atoms with Gasteiger partial charge in [0.1, 0.15) is 6.61 Å². The fourth-order valence-electron chi connectivity index (χ4n) is 1.21. The van der Waals surface area contributed by atoms with E-state index in [0.717, 1.165) is 0 Å². The minimum Gasteiger partial charge on any atom is -0.493 e. The SMILES string of the molecule is COc1ccc(COC(=N)C(F)(F)Cl)cc1OC. The molecule has 0 atom stereocenters. The van der Waals surface area contributed by atoms with Gasteiger partial charge in [0.2, 0.25) is 0 Å². The van der Waals surface area contributed by atoms with Crippen molar-refractivity contribution >= 4 is 17.5 Å². The third-order valence-electron chi connectivity index (χ3n) is 2.09. The molecule has 0 aliphatic heterocycles. The number of alkyl halides is 3. The Bertz CT molecular complexity index is 435. The monoisotopic (exact) mass is 279 g/mol. The van der Waals surface area contributed by atoms with Gasteiger partial charge in [0.15, 0.2) is 11.5 Å². The van der Waals surface area contributed by atoms with Crippen molar-refractivity contribution in [2.45, 2.75) is 12.0 Å². The molecule has 0 fully saturated rings. The Kier molecular flexibility index (Phi) is 4.72. The van der Waals surface area contributed by atoms with Crippen molar-refractivity contribution in [3.63, 3.8) is 0 Å². The van der Waals surface area contributed by atoms with Crippen molar-refractivity contribution < 1.29 is 23.0 Å². The molecule has 0 saturated carbocycles. The Balaban J connectivity index is 2.72. The second kappa shape index (κ2) is 5.86. The van der Waals surface area contributed by atoms with Crippen LogP contribution < -0.4 is 9.47 Å². The lowest BCUT2D eigenvalue weighted by Gasteiger charge is -2.12. The molecule has 1 aromatic carbocycles. The summed E-state index contributed by atoms with van der Waals surface area (Å²) in [5.41, 5.74) is 0.554. The zero-order chi connectivity index (χ0) is 13.8. The molecule has 0 unspecified atom stereocenters. The minimum atomic E-state index is -3.80. The van der Waals surface area contributed by atoms with Gasteiger partial charge in [0, 0.05) is 0 Å². The van der Waals surface area contributed by atoms with E-state index in [9.17, 15) is 8.78 Å². The number of hydrogen-bond acceptors (Lipinski definition) is 4. The Hall–Kier alpha value is -1.56. The zero-order valence-electron chi connectivity index (χ0n) is 9.80. The van der Waals surface area contributed by atoms with Crippen LogP contribution in [0.4, 0.5) is 8.78 Å². The number of benzene rings is 1. The predicted octanol–water partition coefficient (Wildman–Crippen LogP) is 3.03. The Morgan fingerprint density at radius 2 is 1.89 bits per heavy atom. The van der Waals surface area contributed by atoms with Gasteiger partial charge in [0.05, 0.1) is 14.2 Å². The fourth-order valence-corrected chi connectivity index (χ4v) is 1.26. The molecule has 0 aliphatic rings. The molecule has 0 bridgehead atoms. The van der Waals surface area contributed by atoms with Crippen molar-refractivity contribution in [2.75, 3.05) is 14.2 Å². The van der Waals surface area contributed by atoms with Gasteiger partial charge in [-0.05, 0) is 29.3 Å². The van der Waals surface area contributed by atoms with Crippen LogP contribution in [-0.2, 0) is 11.3 Å². The smallest absolute Gasteiger partial charge is 0.396 e.